The van der Waals surface area contributed by atoms with E-state index in [1.54, 1.807) is 18.3 Å². The Morgan fingerprint density at radius 3 is 2.26 bits per heavy atom. The molecule has 8 heteroatoms. The van der Waals surface area contributed by atoms with E-state index in [4.69, 9.17) is 9.72 Å². The number of nitrogens with zero attached hydrogens (tertiary/aromatic N) is 4. The Morgan fingerprint density at radius 1 is 0.868 bits per heavy atom. The zero-order chi connectivity index (χ0) is 26.3. The van der Waals surface area contributed by atoms with Gasteiger partial charge in [0.1, 0.15) is 17.1 Å². The maximum absolute atomic E-state index is 13.1. The molecule has 0 radical (unpaired) electrons. The number of amides is 1. The van der Waals surface area contributed by atoms with E-state index < -0.39 is 0 Å². The van der Waals surface area contributed by atoms with Crippen molar-refractivity contribution in [2.45, 2.75) is 37.8 Å². The number of benzene rings is 2. The Morgan fingerprint density at radius 2 is 1.55 bits per heavy atom. The Kier molecular flexibility index (Phi) is 7.78. The highest BCUT2D eigenvalue weighted by atomic mass is 16.5. The van der Waals surface area contributed by atoms with Crippen LogP contribution in [0.25, 0.3) is 11.1 Å². The molecule has 5 rings (SSSR count). The molecule has 1 aliphatic carbocycles. The normalized spacial score (nSPS) is 16.9. The van der Waals surface area contributed by atoms with Crippen molar-refractivity contribution in [3.8, 4) is 22.8 Å². The van der Waals surface area contributed by atoms with E-state index in [1.807, 2.05) is 73.7 Å². The van der Waals surface area contributed by atoms with Crippen LogP contribution >= 0.6 is 0 Å². The van der Waals surface area contributed by atoms with Crippen molar-refractivity contribution >= 4 is 17.7 Å². The third kappa shape index (κ3) is 6.08. The van der Waals surface area contributed by atoms with Crippen molar-refractivity contribution in [1.29, 1.82) is 0 Å². The third-order valence-corrected chi connectivity index (χ3v) is 6.65. The highest BCUT2D eigenvalue weighted by molar-refractivity contribution is 5.96. The standard InChI is InChI=1S/C30H32N6O2/c1-36(2)27-26(21-10-5-3-6-11-21)20-32-30(35-27)34-23-17-15-22(16-18-23)33-28(37)25-14-9-19-31-29(25)38-24-12-7-4-8-13-24/h3-14,19-20,22-23H,15-18H2,1-2H3,(H,33,37)(H,32,34,35). The topological polar surface area (TPSA) is 92.3 Å². The van der Waals surface area contributed by atoms with Crippen molar-refractivity contribution in [3.63, 3.8) is 0 Å². The van der Waals surface area contributed by atoms with E-state index in [-0.39, 0.29) is 18.0 Å². The van der Waals surface area contributed by atoms with Crippen molar-refractivity contribution < 1.29 is 9.53 Å². The first kappa shape index (κ1) is 25.2. The first-order valence-electron chi connectivity index (χ1n) is 12.9. The van der Waals surface area contributed by atoms with Crippen LogP contribution in [0.5, 0.6) is 11.6 Å². The van der Waals surface area contributed by atoms with E-state index in [1.165, 1.54) is 0 Å². The number of aromatic nitrogens is 3. The van der Waals surface area contributed by atoms with Gasteiger partial charge < -0.3 is 20.3 Å². The second kappa shape index (κ2) is 11.7. The summed E-state index contributed by atoms with van der Waals surface area (Å²) in [5.74, 6) is 2.28. The van der Waals surface area contributed by atoms with Gasteiger partial charge in [0.15, 0.2) is 0 Å². The monoisotopic (exact) mass is 508 g/mol. The van der Waals surface area contributed by atoms with Gasteiger partial charge in [-0.2, -0.15) is 4.98 Å². The number of nitrogens with one attached hydrogen (secondary N) is 2. The number of carbonyl (C=O) groups is 1. The van der Waals surface area contributed by atoms with E-state index in [0.29, 0.717) is 23.1 Å². The van der Waals surface area contributed by atoms with Gasteiger partial charge in [-0.25, -0.2) is 9.97 Å². The number of ether oxygens (including phenoxy) is 1. The molecular formula is C30H32N6O2. The Hall–Kier alpha value is -4.46. The summed E-state index contributed by atoms with van der Waals surface area (Å²) < 4.78 is 5.87. The summed E-state index contributed by atoms with van der Waals surface area (Å²) in [5.41, 5.74) is 2.52. The number of carbonyl (C=O) groups excluding carboxylic acids is 1. The maximum atomic E-state index is 13.1. The fourth-order valence-electron chi connectivity index (χ4n) is 4.68. The van der Waals surface area contributed by atoms with Crippen LogP contribution in [0, 0.1) is 0 Å². The van der Waals surface area contributed by atoms with Crippen LogP contribution in [0.4, 0.5) is 11.8 Å². The van der Waals surface area contributed by atoms with Crippen LogP contribution in [-0.4, -0.2) is 47.0 Å². The molecule has 0 spiro atoms. The minimum absolute atomic E-state index is 0.0871. The molecule has 1 aliphatic rings. The number of anilines is 2. The predicted molar refractivity (Wildman–Crippen MR) is 150 cm³/mol. The van der Waals surface area contributed by atoms with E-state index in [2.05, 4.69) is 32.7 Å². The fraction of sp³-hybridized carbons (Fsp3) is 0.267. The van der Waals surface area contributed by atoms with Crippen LogP contribution < -0.4 is 20.3 Å². The van der Waals surface area contributed by atoms with Crippen LogP contribution in [0.15, 0.2) is 85.2 Å². The molecule has 2 heterocycles. The van der Waals surface area contributed by atoms with Crippen LogP contribution in [0.1, 0.15) is 36.0 Å². The van der Waals surface area contributed by atoms with Crippen molar-refractivity contribution in [2.24, 2.45) is 0 Å². The van der Waals surface area contributed by atoms with Crippen LogP contribution in [0.3, 0.4) is 0 Å². The molecule has 8 nitrogen and oxygen atoms in total. The molecule has 0 saturated heterocycles. The molecule has 1 amide bonds. The van der Waals surface area contributed by atoms with Crippen molar-refractivity contribution in [1.82, 2.24) is 20.3 Å². The molecule has 2 aromatic carbocycles. The summed E-state index contributed by atoms with van der Waals surface area (Å²) in [6.07, 6.45) is 7.05. The summed E-state index contributed by atoms with van der Waals surface area (Å²) in [6, 6.07) is 23.4. The van der Waals surface area contributed by atoms with E-state index in [0.717, 1.165) is 42.6 Å². The Labute approximate surface area is 223 Å². The fourth-order valence-corrected chi connectivity index (χ4v) is 4.68. The number of pyridine rings is 1. The average molecular weight is 509 g/mol. The second-order valence-electron chi connectivity index (χ2n) is 9.63. The molecule has 38 heavy (non-hydrogen) atoms. The molecule has 2 aromatic heterocycles. The smallest absolute Gasteiger partial charge is 0.257 e. The molecule has 0 aliphatic heterocycles. The van der Waals surface area contributed by atoms with Gasteiger partial charge in [0, 0.05) is 44.1 Å². The second-order valence-corrected chi connectivity index (χ2v) is 9.63. The summed E-state index contributed by atoms with van der Waals surface area (Å²) in [6.45, 7) is 0. The quantitative estimate of drug-likeness (QED) is 0.322. The summed E-state index contributed by atoms with van der Waals surface area (Å²) in [4.78, 5) is 28.8. The molecule has 0 unspecified atom stereocenters. The van der Waals surface area contributed by atoms with Gasteiger partial charge in [-0.3, -0.25) is 4.79 Å². The Balaban J connectivity index is 1.18. The van der Waals surface area contributed by atoms with Gasteiger partial charge in [-0.05, 0) is 55.5 Å². The lowest BCUT2D eigenvalue weighted by atomic mass is 9.91. The zero-order valence-corrected chi connectivity index (χ0v) is 21.7. The molecule has 194 valence electrons. The molecular weight excluding hydrogens is 476 g/mol. The number of hydrogen-bond donors (Lipinski definition) is 2. The maximum Gasteiger partial charge on any atom is 0.257 e. The van der Waals surface area contributed by atoms with Crippen molar-refractivity contribution in [3.05, 3.63) is 90.8 Å². The molecule has 1 fully saturated rings. The van der Waals surface area contributed by atoms with Gasteiger partial charge in [-0.1, -0.05) is 48.5 Å². The third-order valence-electron chi connectivity index (χ3n) is 6.65. The lowest BCUT2D eigenvalue weighted by molar-refractivity contribution is 0.0923. The summed E-state index contributed by atoms with van der Waals surface area (Å²) in [7, 11) is 3.98. The summed E-state index contributed by atoms with van der Waals surface area (Å²) >= 11 is 0. The average Bonchev–Trinajstić information content (AvgIpc) is 2.95. The molecule has 2 N–H and O–H groups in total. The van der Waals surface area contributed by atoms with Gasteiger partial charge >= 0.3 is 0 Å². The van der Waals surface area contributed by atoms with E-state index >= 15 is 0 Å². The molecule has 0 bridgehead atoms. The lowest BCUT2D eigenvalue weighted by Crippen LogP contribution is -2.40. The SMILES string of the molecule is CN(C)c1nc(NC2CCC(NC(=O)c3cccnc3Oc3ccccc3)CC2)ncc1-c1ccccc1. The number of para-hydroxylation sites is 1. The van der Waals surface area contributed by atoms with Crippen LogP contribution in [-0.2, 0) is 0 Å². The number of hydrogen-bond acceptors (Lipinski definition) is 7. The lowest BCUT2D eigenvalue weighted by Gasteiger charge is -2.30. The highest BCUT2D eigenvalue weighted by Crippen LogP contribution is 2.29. The zero-order valence-electron chi connectivity index (χ0n) is 21.7. The molecule has 0 atom stereocenters. The largest absolute Gasteiger partial charge is 0.438 e. The van der Waals surface area contributed by atoms with Gasteiger partial charge in [0.25, 0.3) is 5.91 Å². The first-order valence-corrected chi connectivity index (χ1v) is 12.9. The van der Waals surface area contributed by atoms with E-state index in [9.17, 15) is 4.79 Å². The van der Waals surface area contributed by atoms with Gasteiger partial charge in [0.05, 0.1) is 0 Å². The van der Waals surface area contributed by atoms with Crippen LogP contribution in [0.2, 0.25) is 0 Å². The highest BCUT2D eigenvalue weighted by Gasteiger charge is 2.25. The predicted octanol–water partition coefficient (Wildman–Crippen LogP) is 5.55. The summed E-state index contributed by atoms with van der Waals surface area (Å²) in [5, 5.41) is 6.68. The molecule has 1 saturated carbocycles. The van der Waals surface area contributed by atoms with Crippen molar-refractivity contribution in [2.75, 3.05) is 24.3 Å². The number of rotatable bonds is 8. The Bertz CT molecular complexity index is 1360. The van der Waals surface area contributed by atoms with Gasteiger partial charge in [0.2, 0.25) is 11.8 Å². The van der Waals surface area contributed by atoms with Gasteiger partial charge in [-0.15, -0.1) is 0 Å². The molecule has 4 aromatic rings. The minimum Gasteiger partial charge on any atom is -0.438 e. The first-order chi connectivity index (χ1) is 18.6. The minimum atomic E-state index is -0.170.